The fourth-order valence-electron chi connectivity index (χ4n) is 3.77. The Morgan fingerprint density at radius 2 is 2.05 bits per heavy atom. The van der Waals surface area contributed by atoms with Crippen LogP contribution in [0.15, 0.2) is 18.2 Å². The summed E-state index contributed by atoms with van der Waals surface area (Å²) >= 11 is 0. The van der Waals surface area contributed by atoms with Gasteiger partial charge in [-0.2, -0.15) is 0 Å². The number of aromatic nitrogens is 1. The number of rotatable bonds is 3. The molecule has 2 fully saturated rings. The number of nitrogens with zero attached hydrogens (tertiary/aromatic N) is 2. The number of piperidine rings is 1. The second-order valence-corrected chi connectivity index (χ2v) is 5.86. The minimum Gasteiger partial charge on any atom is -0.370 e. The molecule has 2 aliphatic rings. The molecule has 104 valence electrons. The van der Waals surface area contributed by atoms with Crippen molar-refractivity contribution in [3.63, 3.8) is 0 Å². The molecule has 0 unspecified atom stereocenters. The lowest BCUT2D eigenvalue weighted by Gasteiger charge is -2.44. The van der Waals surface area contributed by atoms with Gasteiger partial charge in [-0.15, -0.1) is 0 Å². The largest absolute Gasteiger partial charge is 0.370 e. The van der Waals surface area contributed by atoms with Crippen LogP contribution >= 0.6 is 0 Å². The molecule has 19 heavy (non-hydrogen) atoms. The summed E-state index contributed by atoms with van der Waals surface area (Å²) in [7, 11) is 0. The van der Waals surface area contributed by atoms with E-state index < -0.39 is 0 Å². The molecule has 0 amide bonds. The molecule has 0 bridgehead atoms. The van der Waals surface area contributed by atoms with Crippen molar-refractivity contribution < 1.29 is 0 Å². The molecule has 2 heterocycles. The highest BCUT2D eigenvalue weighted by Gasteiger charge is 2.33. The Morgan fingerprint density at radius 3 is 2.95 bits per heavy atom. The van der Waals surface area contributed by atoms with Gasteiger partial charge in [-0.3, -0.25) is 0 Å². The Morgan fingerprint density at radius 1 is 1.21 bits per heavy atom. The Bertz CT molecular complexity index is 416. The number of pyridine rings is 1. The molecule has 1 aromatic heterocycles. The van der Waals surface area contributed by atoms with Crippen molar-refractivity contribution in [1.82, 2.24) is 4.98 Å². The molecule has 1 aromatic rings. The maximum atomic E-state index is 4.79. The third kappa shape index (κ3) is 2.70. The van der Waals surface area contributed by atoms with Crippen LogP contribution in [0.1, 0.15) is 45.4 Å². The van der Waals surface area contributed by atoms with Gasteiger partial charge in [0.25, 0.3) is 0 Å². The average Bonchev–Trinajstić information content (AvgIpc) is 2.47. The van der Waals surface area contributed by atoms with Crippen LogP contribution in [0.25, 0.3) is 0 Å². The second-order valence-electron chi connectivity index (χ2n) is 5.86. The molecule has 0 aromatic carbocycles. The summed E-state index contributed by atoms with van der Waals surface area (Å²) < 4.78 is 0. The van der Waals surface area contributed by atoms with E-state index in [4.69, 9.17) is 4.98 Å². The lowest BCUT2D eigenvalue weighted by Crippen LogP contribution is -2.47. The number of fused-ring (bicyclic) bond motifs is 1. The van der Waals surface area contributed by atoms with E-state index in [1.807, 2.05) is 0 Å². The molecule has 2 atom stereocenters. The summed E-state index contributed by atoms with van der Waals surface area (Å²) in [6.07, 6.45) is 8.36. The second kappa shape index (κ2) is 5.81. The predicted octanol–water partition coefficient (Wildman–Crippen LogP) is 3.67. The smallest absolute Gasteiger partial charge is 0.131 e. The van der Waals surface area contributed by atoms with Crippen molar-refractivity contribution in [1.29, 1.82) is 0 Å². The first kappa shape index (κ1) is 12.8. The van der Waals surface area contributed by atoms with Gasteiger partial charge < -0.3 is 10.2 Å². The van der Waals surface area contributed by atoms with Crippen LogP contribution in [0, 0.1) is 5.92 Å². The van der Waals surface area contributed by atoms with Crippen LogP contribution in [0.4, 0.5) is 11.6 Å². The van der Waals surface area contributed by atoms with E-state index in [1.54, 1.807) is 0 Å². The van der Waals surface area contributed by atoms with Crippen molar-refractivity contribution in [2.45, 2.75) is 51.5 Å². The molecular weight excluding hydrogens is 234 g/mol. The number of hydrogen-bond acceptors (Lipinski definition) is 3. The van der Waals surface area contributed by atoms with Crippen molar-refractivity contribution in [2.75, 3.05) is 23.3 Å². The van der Waals surface area contributed by atoms with Gasteiger partial charge in [0.05, 0.1) is 0 Å². The highest BCUT2D eigenvalue weighted by Crippen LogP contribution is 2.37. The Labute approximate surface area is 116 Å². The summed E-state index contributed by atoms with van der Waals surface area (Å²) in [5.74, 6) is 3.10. The zero-order chi connectivity index (χ0) is 13.1. The molecule has 3 heteroatoms. The standard InChI is InChI=1S/C16H25N3/c1-2-17-15-10-5-11-16(18-15)19-12-6-8-13-7-3-4-9-14(13)19/h5,10-11,13-14H,2-4,6-9,12H2,1H3,(H,17,18)/t13-,14-/m1/s1. The van der Waals surface area contributed by atoms with Gasteiger partial charge in [-0.25, -0.2) is 4.98 Å². The molecule has 1 N–H and O–H groups in total. The molecule has 0 radical (unpaired) electrons. The molecule has 1 saturated carbocycles. The normalized spacial score (nSPS) is 26.9. The van der Waals surface area contributed by atoms with Crippen LogP contribution in [-0.4, -0.2) is 24.1 Å². The van der Waals surface area contributed by atoms with E-state index in [0.29, 0.717) is 0 Å². The maximum absolute atomic E-state index is 4.79. The minimum atomic E-state index is 0.742. The van der Waals surface area contributed by atoms with E-state index in [0.717, 1.165) is 24.3 Å². The average molecular weight is 259 g/mol. The van der Waals surface area contributed by atoms with Gasteiger partial charge in [0.15, 0.2) is 0 Å². The van der Waals surface area contributed by atoms with E-state index in [-0.39, 0.29) is 0 Å². The van der Waals surface area contributed by atoms with E-state index >= 15 is 0 Å². The van der Waals surface area contributed by atoms with Crippen LogP contribution in [-0.2, 0) is 0 Å². The van der Waals surface area contributed by atoms with Crippen molar-refractivity contribution in [2.24, 2.45) is 5.92 Å². The fourth-order valence-corrected chi connectivity index (χ4v) is 3.77. The van der Waals surface area contributed by atoms with E-state index in [2.05, 4.69) is 35.3 Å². The molecule has 3 nitrogen and oxygen atoms in total. The lowest BCUT2D eigenvalue weighted by atomic mass is 9.78. The van der Waals surface area contributed by atoms with Gasteiger partial charge in [-0.05, 0) is 50.7 Å². The van der Waals surface area contributed by atoms with E-state index in [1.165, 1.54) is 50.9 Å². The number of nitrogens with one attached hydrogen (secondary N) is 1. The topological polar surface area (TPSA) is 28.2 Å². The summed E-state index contributed by atoms with van der Waals surface area (Å²) in [5.41, 5.74) is 0. The van der Waals surface area contributed by atoms with Gasteiger partial charge in [0, 0.05) is 19.1 Å². The lowest BCUT2D eigenvalue weighted by molar-refractivity contribution is 0.243. The number of anilines is 2. The fraction of sp³-hybridized carbons (Fsp3) is 0.688. The molecule has 1 aliphatic heterocycles. The van der Waals surface area contributed by atoms with Gasteiger partial charge in [0.1, 0.15) is 11.6 Å². The zero-order valence-electron chi connectivity index (χ0n) is 11.9. The molecular formula is C16H25N3. The van der Waals surface area contributed by atoms with E-state index in [9.17, 15) is 0 Å². The Balaban J connectivity index is 1.81. The Kier molecular flexibility index (Phi) is 3.90. The summed E-state index contributed by atoms with van der Waals surface area (Å²) in [6.45, 7) is 4.23. The van der Waals surface area contributed by atoms with Crippen LogP contribution < -0.4 is 10.2 Å². The molecule has 1 saturated heterocycles. The van der Waals surface area contributed by atoms with Crippen molar-refractivity contribution in [3.8, 4) is 0 Å². The predicted molar refractivity (Wildman–Crippen MR) is 80.7 cm³/mol. The van der Waals surface area contributed by atoms with Gasteiger partial charge in [0.2, 0.25) is 0 Å². The van der Waals surface area contributed by atoms with Crippen LogP contribution in [0.3, 0.4) is 0 Å². The van der Waals surface area contributed by atoms with Crippen molar-refractivity contribution >= 4 is 11.6 Å². The first-order chi connectivity index (χ1) is 9.38. The third-order valence-corrected chi connectivity index (χ3v) is 4.63. The zero-order valence-corrected chi connectivity index (χ0v) is 11.9. The summed E-state index contributed by atoms with van der Waals surface area (Å²) in [4.78, 5) is 7.37. The van der Waals surface area contributed by atoms with Gasteiger partial charge >= 0.3 is 0 Å². The SMILES string of the molecule is CCNc1cccc(N2CCC[C@H]3CCCC[C@H]32)n1. The van der Waals surface area contributed by atoms with Crippen LogP contribution in [0.2, 0.25) is 0 Å². The molecule has 3 rings (SSSR count). The molecule has 0 spiro atoms. The first-order valence-corrected chi connectivity index (χ1v) is 7.86. The highest BCUT2D eigenvalue weighted by atomic mass is 15.2. The van der Waals surface area contributed by atoms with Crippen LogP contribution in [0.5, 0.6) is 0 Å². The highest BCUT2D eigenvalue weighted by molar-refractivity contribution is 5.48. The maximum Gasteiger partial charge on any atom is 0.131 e. The summed E-state index contributed by atoms with van der Waals surface area (Å²) in [5, 5.41) is 3.32. The third-order valence-electron chi connectivity index (χ3n) is 4.63. The minimum absolute atomic E-state index is 0.742. The number of hydrogen-bond donors (Lipinski definition) is 1. The Hall–Kier alpha value is -1.25. The quantitative estimate of drug-likeness (QED) is 0.897. The molecule has 1 aliphatic carbocycles. The summed E-state index contributed by atoms with van der Waals surface area (Å²) in [6, 6.07) is 7.12. The van der Waals surface area contributed by atoms with Crippen molar-refractivity contribution in [3.05, 3.63) is 18.2 Å². The van der Waals surface area contributed by atoms with Gasteiger partial charge in [-0.1, -0.05) is 18.9 Å². The monoisotopic (exact) mass is 259 g/mol. The first-order valence-electron chi connectivity index (χ1n) is 7.86.